The number of aryl methyl sites for hydroxylation is 2. The molecule has 0 aromatic heterocycles. The summed E-state index contributed by atoms with van der Waals surface area (Å²) >= 11 is 5.26. The Morgan fingerprint density at radius 3 is 2.32 bits per heavy atom. The van der Waals surface area contributed by atoms with E-state index in [0.717, 1.165) is 38.5 Å². The van der Waals surface area contributed by atoms with E-state index in [4.69, 9.17) is 10.5 Å². The van der Waals surface area contributed by atoms with Gasteiger partial charge in [-0.3, -0.25) is 9.59 Å². The molecule has 41 heavy (non-hydrogen) atoms. The van der Waals surface area contributed by atoms with E-state index in [-0.39, 0.29) is 34.5 Å². The Labute approximate surface area is 253 Å². The van der Waals surface area contributed by atoms with Crippen LogP contribution in [0.15, 0.2) is 59.5 Å². The van der Waals surface area contributed by atoms with Crippen molar-refractivity contribution in [3.05, 3.63) is 93.5 Å². The Morgan fingerprint density at radius 2 is 1.59 bits per heavy atom. The van der Waals surface area contributed by atoms with Crippen LogP contribution in [0.25, 0.3) is 0 Å². The summed E-state index contributed by atoms with van der Waals surface area (Å²) in [6.07, 6.45) is 6.85. The second-order valence-electron chi connectivity index (χ2n) is 11.6. The zero-order valence-corrected chi connectivity index (χ0v) is 25.6. The van der Waals surface area contributed by atoms with Crippen LogP contribution in [0.5, 0.6) is 0 Å². The number of halogens is 1. The monoisotopic (exact) mass is 631 g/mol. The number of anilines is 1. The number of ether oxygens (including phenoxy) is 1. The van der Waals surface area contributed by atoms with Crippen LogP contribution in [0.4, 0.5) is 5.69 Å². The van der Waals surface area contributed by atoms with E-state index in [1.54, 1.807) is 30.3 Å². The van der Waals surface area contributed by atoms with Crippen molar-refractivity contribution in [3.8, 4) is 0 Å². The molecule has 3 aliphatic rings. The van der Waals surface area contributed by atoms with Crippen LogP contribution in [0.2, 0.25) is 0 Å². The zero-order chi connectivity index (χ0) is 28.7. The molecule has 0 bridgehead atoms. The molecule has 4 unspecified atom stereocenters. The quantitative estimate of drug-likeness (QED) is 0.102. The Bertz CT molecular complexity index is 1520. The Morgan fingerprint density at radius 1 is 0.927 bits per heavy atom. The maximum atomic E-state index is 13.7. The van der Waals surface area contributed by atoms with Crippen LogP contribution in [-0.2, 0) is 11.2 Å². The molecule has 2 saturated carbocycles. The Hall–Kier alpha value is -2.90. The van der Waals surface area contributed by atoms with Gasteiger partial charge in [-0.05, 0) is 75.3 Å². The first kappa shape index (κ1) is 28.2. The molecule has 0 aliphatic heterocycles. The number of hydrogen-bond acceptors (Lipinski definition) is 6. The number of thioether (sulfide) groups is 1. The van der Waals surface area contributed by atoms with E-state index in [1.165, 1.54) is 29.3 Å². The number of ketones is 2. The van der Waals surface area contributed by atoms with Crippen LogP contribution < -0.4 is 5.73 Å². The maximum Gasteiger partial charge on any atom is 0.340 e. The van der Waals surface area contributed by atoms with Crippen LogP contribution >= 0.6 is 27.7 Å². The Balaban J connectivity index is 1.30. The highest BCUT2D eigenvalue weighted by Crippen LogP contribution is 2.44. The second kappa shape index (κ2) is 11.8. The summed E-state index contributed by atoms with van der Waals surface area (Å²) < 4.78 is 6.06. The predicted octanol–water partition coefficient (Wildman–Crippen LogP) is 7.58. The fourth-order valence-corrected chi connectivity index (χ4v) is 8.55. The van der Waals surface area contributed by atoms with Crippen molar-refractivity contribution in [1.29, 1.82) is 0 Å². The van der Waals surface area contributed by atoms with Crippen molar-refractivity contribution >= 4 is 50.9 Å². The lowest BCUT2D eigenvalue weighted by Crippen LogP contribution is -2.35. The first-order valence-electron chi connectivity index (χ1n) is 14.5. The highest BCUT2D eigenvalue weighted by atomic mass is 79.9. The van der Waals surface area contributed by atoms with Gasteiger partial charge in [-0.1, -0.05) is 70.0 Å². The van der Waals surface area contributed by atoms with Crippen LogP contribution in [0, 0.1) is 18.8 Å². The number of hydrogen-bond donors (Lipinski definition) is 1. The third kappa shape index (κ3) is 5.63. The molecule has 7 heteroatoms. The molecule has 3 aromatic rings. The summed E-state index contributed by atoms with van der Waals surface area (Å²) in [6, 6.07) is 16.9. The zero-order valence-electron chi connectivity index (χ0n) is 23.2. The van der Waals surface area contributed by atoms with Crippen molar-refractivity contribution in [2.45, 2.75) is 67.7 Å². The number of nitrogens with two attached hydrogens (primary N) is 1. The predicted molar refractivity (Wildman–Crippen MR) is 166 cm³/mol. The van der Waals surface area contributed by atoms with Gasteiger partial charge in [0.1, 0.15) is 6.10 Å². The maximum absolute atomic E-state index is 13.7. The van der Waals surface area contributed by atoms with Gasteiger partial charge in [-0.2, -0.15) is 0 Å². The van der Waals surface area contributed by atoms with Crippen molar-refractivity contribution in [1.82, 2.24) is 0 Å². The van der Waals surface area contributed by atoms with E-state index in [9.17, 15) is 14.4 Å². The molecule has 3 aromatic carbocycles. The van der Waals surface area contributed by atoms with Crippen molar-refractivity contribution < 1.29 is 19.1 Å². The summed E-state index contributed by atoms with van der Waals surface area (Å²) in [6.45, 7) is 2.06. The van der Waals surface area contributed by atoms with E-state index < -0.39 is 5.97 Å². The highest BCUT2D eigenvalue weighted by molar-refractivity contribution is 9.09. The summed E-state index contributed by atoms with van der Waals surface area (Å²) in [5, 5.41) is 0. The largest absolute Gasteiger partial charge is 0.459 e. The number of nitrogen functional groups attached to an aromatic ring is 1. The number of carbonyl (C=O) groups excluding carboxylic acids is 3. The number of carbonyl (C=O) groups is 3. The SMILES string of the molecule is Cc1ccc(CCSc2cc(C(=O)OC3CCC4CC(Br)CCC4C3)c(N)c3c2C(=O)c2ccccc2C3=O)cc1. The van der Waals surface area contributed by atoms with Crippen LogP contribution in [0.3, 0.4) is 0 Å². The minimum absolute atomic E-state index is 0.0363. The van der Waals surface area contributed by atoms with Gasteiger partial charge in [0.05, 0.1) is 16.8 Å². The molecule has 0 spiro atoms. The van der Waals surface area contributed by atoms with Crippen LogP contribution in [-0.4, -0.2) is 34.2 Å². The van der Waals surface area contributed by atoms with Gasteiger partial charge in [-0.15, -0.1) is 11.8 Å². The fraction of sp³-hybridized carbons (Fsp3) is 0.382. The molecule has 212 valence electrons. The van der Waals surface area contributed by atoms with Gasteiger partial charge in [0.25, 0.3) is 0 Å². The lowest BCUT2D eigenvalue weighted by Gasteiger charge is -2.40. The minimum atomic E-state index is -0.512. The summed E-state index contributed by atoms with van der Waals surface area (Å²) in [5.41, 5.74) is 10.3. The third-order valence-electron chi connectivity index (χ3n) is 8.97. The van der Waals surface area contributed by atoms with Gasteiger partial charge < -0.3 is 10.5 Å². The summed E-state index contributed by atoms with van der Waals surface area (Å²) in [7, 11) is 0. The van der Waals surface area contributed by atoms with Gasteiger partial charge >= 0.3 is 5.97 Å². The molecule has 6 rings (SSSR count). The summed E-state index contributed by atoms with van der Waals surface area (Å²) in [4.78, 5) is 42.2. The first-order valence-corrected chi connectivity index (χ1v) is 16.4. The fourth-order valence-electron chi connectivity index (χ4n) is 6.71. The van der Waals surface area contributed by atoms with Gasteiger partial charge in [0.15, 0.2) is 11.6 Å². The molecule has 0 saturated heterocycles. The van der Waals surface area contributed by atoms with E-state index in [2.05, 4.69) is 47.1 Å². The molecule has 3 aliphatic carbocycles. The molecular weight excluding hydrogens is 598 g/mol. The average Bonchev–Trinajstić information content (AvgIpc) is 2.97. The highest BCUT2D eigenvalue weighted by Gasteiger charge is 2.38. The number of esters is 1. The summed E-state index contributed by atoms with van der Waals surface area (Å²) in [5.74, 6) is 0.853. The van der Waals surface area contributed by atoms with Gasteiger partial charge in [-0.25, -0.2) is 4.79 Å². The number of benzene rings is 3. The van der Waals surface area contributed by atoms with E-state index >= 15 is 0 Å². The molecule has 5 nitrogen and oxygen atoms in total. The lowest BCUT2D eigenvalue weighted by molar-refractivity contribution is -0.000288. The molecule has 0 heterocycles. The number of alkyl halides is 1. The molecule has 0 amide bonds. The van der Waals surface area contributed by atoms with Crippen LogP contribution in [0.1, 0.15) is 91.9 Å². The second-order valence-corrected chi connectivity index (χ2v) is 14.1. The van der Waals surface area contributed by atoms with Gasteiger partial charge in [0.2, 0.25) is 0 Å². The molecular formula is C34H34BrNO4S. The molecule has 0 radical (unpaired) electrons. The van der Waals surface area contributed by atoms with Crippen molar-refractivity contribution in [2.24, 2.45) is 11.8 Å². The van der Waals surface area contributed by atoms with E-state index in [1.807, 2.05) is 0 Å². The normalized spacial score (nSPS) is 23.4. The lowest BCUT2D eigenvalue weighted by atomic mass is 9.70. The molecule has 2 N–H and O–H groups in total. The standard InChI is InChI=1S/C34H34BrNO4S/c1-19-6-8-20(9-7-19)14-15-41-28-18-27(34(39)40-24-13-11-21-16-23(35)12-10-22(21)17-24)31(36)30-29(28)32(37)25-4-2-3-5-26(25)33(30)38/h2-9,18,21-24H,10-17,36H2,1H3. The topological polar surface area (TPSA) is 86.5 Å². The van der Waals surface area contributed by atoms with Crippen molar-refractivity contribution in [3.63, 3.8) is 0 Å². The number of rotatable bonds is 6. The molecule has 4 atom stereocenters. The smallest absolute Gasteiger partial charge is 0.340 e. The van der Waals surface area contributed by atoms with Crippen molar-refractivity contribution in [2.75, 3.05) is 11.5 Å². The van der Waals surface area contributed by atoms with Gasteiger partial charge in [0, 0.05) is 32.2 Å². The Kier molecular flexibility index (Phi) is 8.10. The third-order valence-corrected chi connectivity index (χ3v) is 10.8. The number of fused-ring (bicyclic) bond motifs is 3. The minimum Gasteiger partial charge on any atom is -0.459 e. The average molecular weight is 633 g/mol. The van der Waals surface area contributed by atoms with E-state index in [0.29, 0.717) is 44.0 Å². The first-order chi connectivity index (χ1) is 19.8. The molecule has 2 fully saturated rings.